The number of aryl methyl sites for hydroxylation is 1. The Hall–Kier alpha value is -1.24. The maximum Gasteiger partial charge on any atom is 0.271 e. The van der Waals surface area contributed by atoms with Crippen LogP contribution in [0.15, 0.2) is 34.5 Å². The van der Waals surface area contributed by atoms with Crippen LogP contribution in [0, 0.1) is 0 Å². The van der Waals surface area contributed by atoms with Crippen molar-refractivity contribution in [2.45, 2.75) is 17.1 Å². The molecule has 0 saturated carbocycles. The smallest absolute Gasteiger partial charge is 0.271 e. The summed E-state index contributed by atoms with van der Waals surface area (Å²) in [6.07, 6.45) is 2.02. The summed E-state index contributed by atoms with van der Waals surface area (Å²) in [5.41, 5.74) is 2.80. The summed E-state index contributed by atoms with van der Waals surface area (Å²) in [6.45, 7) is 0.964. The van der Waals surface area contributed by atoms with E-state index in [-0.39, 0.29) is 4.21 Å². The summed E-state index contributed by atoms with van der Waals surface area (Å²) in [6, 6.07) is 8.65. The number of anilines is 2. The summed E-state index contributed by atoms with van der Waals surface area (Å²) in [5.74, 6) is 0. The number of rotatable bonds is 3. The van der Waals surface area contributed by atoms with Crippen molar-refractivity contribution in [3.05, 3.63) is 40.2 Å². The van der Waals surface area contributed by atoms with Crippen molar-refractivity contribution in [1.29, 1.82) is 0 Å². The Morgan fingerprint density at radius 3 is 2.85 bits per heavy atom. The topological polar surface area (TPSA) is 58.2 Å². The van der Waals surface area contributed by atoms with E-state index in [1.807, 2.05) is 12.1 Å². The Balaban J connectivity index is 1.87. The minimum atomic E-state index is -3.56. The molecule has 2 aromatic rings. The molecule has 2 heterocycles. The molecular weight excluding hydrogens is 316 g/mol. The Labute approximate surface area is 126 Å². The molecule has 2 N–H and O–H groups in total. The van der Waals surface area contributed by atoms with E-state index in [0.717, 1.165) is 42.0 Å². The first-order chi connectivity index (χ1) is 9.54. The van der Waals surface area contributed by atoms with Crippen molar-refractivity contribution >= 4 is 44.3 Å². The Bertz CT molecular complexity index is 741. The average Bonchev–Trinajstić information content (AvgIpc) is 2.86. The molecule has 0 saturated heterocycles. The maximum atomic E-state index is 12.2. The molecule has 0 fully saturated rings. The molecule has 1 aromatic heterocycles. The van der Waals surface area contributed by atoms with E-state index in [2.05, 4.69) is 10.0 Å². The summed E-state index contributed by atoms with van der Waals surface area (Å²) in [7, 11) is -3.56. The Morgan fingerprint density at radius 2 is 2.10 bits per heavy atom. The van der Waals surface area contributed by atoms with Crippen LogP contribution < -0.4 is 10.0 Å². The fraction of sp³-hybridized carbons (Fsp3) is 0.231. The van der Waals surface area contributed by atoms with Crippen molar-refractivity contribution < 1.29 is 8.42 Å². The molecule has 0 unspecified atom stereocenters. The number of thiophene rings is 1. The van der Waals surface area contributed by atoms with E-state index in [4.69, 9.17) is 11.6 Å². The second-order valence-corrected chi connectivity index (χ2v) is 8.19. The van der Waals surface area contributed by atoms with Gasteiger partial charge in [-0.1, -0.05) is 11.6 Å². The molecule has 1 aliphatic heterocycles. The summed E-state index contributed by atoms with van der Waals surface area (Å²) in [5, 5.41) is 3.30. The lowest BCUT2D eigenvalue weighted by Crippen LogP contribution is -2.14. The number of hydrogen-bond donors (Lipinski definition) is 2. The number of halogens is 1. The number of nitrogens with one attached hydrogen (secondary N) is 2. The second-order valence-electron chi connectivity index (χ2n) is 4.57. The Kier molecular flexibility index (Phi) is 3.62. The van der Waals surface area contributed by atoms with Crippen molar-refractivity contribution in [3.63, 3.8) is 0 Å². The van der Waals surface area contributed by atoms with Gasteiger partial charge in [-0.2, -0.15) is 0 Å². The lowest BCUT2D eigenvalue weighted by molar-refractivity contribution is 0.603. The summed E-state index contributed by atoms with van der Waals surface area (Å²) >= 11 is 6.83. The van der Waals surface area contributed by atoms with E-state index in [0.29, 0.717) is 10.0 Å². The summed E-state index contributed by atoms with van der Waals surface area (Å²) in [4.78, 5) is 0. The lowest BCUT2D eigenvalue weighted by atomic mass is 10.0. The zero-order valence-electron chi connectivity index (χ0n) is 10.5. The predicted octanol–water partition coefficient (Wildman–Crippen LogP) is 3.56. The first-order valence-electron chi connectivity index (χ1n) is 6.19. The zero-order valence-corrected chi connectivity index (χ0v) is 12.9. The van der Waals surface area contributed by atoms with Crippen molar-refractivity contribution in [1.82, 2.24) is 0 Å². The largest absolute Gasteiger partial charge is 0.385 e. The van der Waals surface area contributed by atoms with Gasteiger partial charge in [-0.15, -0.1) is 11.3 Å². The van der Waals surface area contributed by atoms with Gasteiger partial charge < -0.3 is 5.32 Å². The normalized spacial score (nSPS) is 14.4. The van der Waals surface area contributed by atoms with Gasteiger partial charge >= 0.3 is 0 Å². The fourth-order valence-electron chi connectivity index (χ4n) is 2.19. The van der Waals surface area contributed by atoms with E-state index < -0.39 is 10.0 Å². The van der Waals surface area contributed by atoms with Crippen LogP contribution in [0.25, 0.3) is 0 Å². The highest BCUT2D eigenvalue weighted by atomic mass is 35.5. The quantitative estimate of drug-likeness (QED) is 0.905. The van der Waals surface area contributed by atoms with Crippen molar-refractivity contribution in [2.24, 2.45) is 0 Å². The maximum absolute atomic E-state index is 12.2. The van der Waals surface area contributed by atoms with Crippen LogP contribution >= 0.6 is 22.9 Å². The van der Waals surface area contributed by atoms with Crippen LogP contribution in [-0.2, 0) is 16.4 Å². The van der Waals surface area contributed by atoms with E-state index >= 15 is 0 Å². The molecule has 1 aromatic carbocycles. The molecule has 0 aliphatic carbocycles. The van der Waals surface area contributed by atoms with Gasteiger partial charge in [0.1, 0.15) is 4.21 Å². The molecule has 106 valence electrons. The monoisotopic (exact) mass is 328 g/mol. The van der Waals surface area contributed by atoms with Gasteiger partial charge in [0, 0.05) is 17.9 Å². The lowest BCUT2D eigenvalue weighted by Gasteiger charge is -2.18. The van der Waals surface area contributed by atoms with Gasteiger partial charge in [0.05, 0.1) is 4.34 Å². The van der Waals surface area contributed by atoms with E-state index in [1.165, 1.54) is 6.07 Å². The highest BCUT2D eigenvalue weighted by molar-refractivity contribution is 7.94. The molecule has 0 radical (unpaired) electrons. The van der Waals surface area contributed by atoms with Gasteiger partial charge in [0.25, 0.3) is 10.0 Å². The molecule has 1 aliphatic rings. The first kappa shape index (κ1) is 13.7. The molecule has 4 nitrogen and oxygen atoms in total. The predicted molar refractivity (Wildman–Crippen MR) is 83.4 cm³/mol. The number of sulfonamides is 1. The van der Waals surface area contributed by atoms with Gasteiger partial charge in [0.15, 0.2) is 0 Å². The highest BCUT2D eigenvalue weighted by Gasteiger charge is 2.17. The minimum Gasteiger partial charge on any atom is -0.385 e. The van der Waals surface area contributed by atoms with Crippen LogP contribution in [0.1, 0.15) is 12.0 Å². The third-order valence-electron chi connectivity index (χ3n) is 3.11. The minimum absolute atomic E-state index is 0.221. The molecule has 0 bridgehead atoms. The molecule has 7 heteroatoms. The van der Waals surface area contributed by atoms with Crippen LogP contribution in [0.2, 0.25) is 4.34 Å². The number of hydrogen-bond acceptors (Lipinski definition) is 4. The Morgan fingerprint density at radius 1 is 1.25 bits per heavy atom. The van der Waals surface area contributed by atoms with Crippen LogP contribution in [0.4, 0.5) is 11.4 Å². The van der Waals surface area contributed by atoms with Crippen LogP contribution in [0.5, 0.6) is 0 Å². The number of benzene rings is 1. The van der Waals surface area contributed by atoms with Crippen molar-refractivity contribution in [3.8, 4) is 0 Å². The van der Waals surface area contributed by atoms with E-state index in [1.54, 1.807) is 12.1 Å². The van der Waals surface area contributed by atoms with Gasteiger partial charge in [-0.3, -0.25) is 4.72 Å². The van der Waals surface area contributed by atoms with Crippen LogP contribution in [-0.4, -0.2) is 15.0 Å². The second kappa shape index (κ2) is 5.27. The fourth-order valence-corrected chi connectivity index (χ4v) is 4.72. The zero-order chi connectivity index (χ0) is 14.2. The highest BCUT2D eigenvalue weighted by Crippen LogP contribution is 2.29. The number of fused-ring (bicyclic) bond motifs is 1. The van der Waals surface area contributed by atoms with Gasteiger partial charge in [-0.05, 0) is 48.7 Å². The summed E-state index contributed by atoms with van der Waals surface area (Å²) < 4.78 is 27.7. The SMILES string of the molecule is O=S(=O)(Nc1ccc2c(c1)CCCN2)c1ccc(Cl)s1. The van der Waals surface area contributed by atoms with Gasteiger partial charge in [-0.25, -0.2) is 8.42 Å². The molecular formula is C13H13ClN2O2S2. The average molecular weight is 329 g/mol. The standard InChI is InChI=1S/C13H13ClN2O2S2/c14-12-5-6-13(19-12)20(17,18)16-10-3-4-11-9(8-10)2-1-7-15-11/h3-6,8,15-16H,1-2,7H2. The molecule has 0 amide bonds. The van der Waals surface area contributed by atoms with Crippen LogP contribution in [0.3, 0.4) is 0 Å². The molecule has 0 spiro atoms. The molecule has 20 heavy (non-hydrogen) atoms. The molecule has 3 rings (SSSR count). The van der Waals surface area contributed by atoms with Crippen molar-refractivity contribution in [2.75, 3.05) is 16.6 Å². The third-order valence-corrected chi connectivity index (χ3v) is 6.21. The van der Waals surface area contributed by atoms with E-state index in [9.17, 15) is 8.42 Å². The first-order valence-corrected chi connectivity index (χ1v) is 8.87. The molecule has 0 atom stereocenters. The third kappa shape index (κ3) is 2.77. The van der Waals surface area contributed by atoms with Gasteiger partial charge in [0.2, 0.25) is 0 Å².